The number of H-pyrrole nitrogens is 1. The van der Waals surface area contributed by atoms with Crippen LogP contribution in [0.2, 0.25) is 0 Å². The third-order valence-electron chi connectivity index (χ3n) is 7.57. The van der Waals surface area contributed by atoms with Crippen molar-refractivity contribution in [3.8, 4) is 0 Å². The Bertz CT molecular complexity index is 1150. The third kappa shape index (κ3) is 4.75. The van der Waals surface area contributed by atoms with E-state index in [1.165, 1.54) is 0 Å². The predicted octanol–water partition coefficient (Wildman–Crippen LogP) is 3.07. The number of nitrogens with zero attached hydrogens (tertiary/aromatic N) is 5. The fraction of sp³-hybridized carbons (Fsp3) is 0.696. The number of fused-ring (bicyclic) bond motifs is 2. The second kappa shape index (κ2) is 9.62. The average Bonchev–Trinajstić information content (AvgIpc) is 3.51. The van der Waals surface area contributed by atoms with E-state index in [9.17, 15) is 8.42 Å². The van der Waals surface area contributed by atoms with Crippen LogP contribution in [-0.4, -0.2) is 77.0 Å². The summed E-state index contributed by atoms with van der Waals surface area (Å²) in [5.41, 5.74) is 1.20. The molecule has 35 heavy (non-hydrogen) atoms. The summed E-state index contributed by atoms with van der Waals surface area (Å²) < 4.78 is 48.4. The van der Waals surface area contributed by atoms with Crippen molar-refractivity contribution >= 4 is 27.6 Å². The topological polar surface area (TPSA) is 116 Å². The number of ether oxygens (including phenoxy) is 1. The Labute approximate surface area is 205 Å². The second-order valence-corrected chi connectivity index (χ2v) is 12.1. The standard InChI is InChI=1S/C23H34FN7O3S/c1-4-35(32,33)31-16-6-5-7-17(31)12-18(11-16)30(3)23-26-21(15-8-9-34-13-15)20(24)22(27-23)25-19-10-14(2)28-29-19/h10,15-18H,4-9,11-13H2,1-3H3,(H2,25,26,27,28,29)/t15?,16-,17+,18?. The molecule has 4 atom stereocenters. The molecule has 2 N–H and O–H groups in total. The fourth-order valence-electron chi connectivity index (χ4n) is 5.71. The molecule has 3 aliphatic heterocycles. The molecule has 0 spiro atoms. The summed E-state index contributed by atoms with van der Waals surface area (Å²) in [5, 5.41) is 10.0. The van der Waals surface area contributed by atoms with Crippen LogP contribution in [0.4, 0.5) is 22.0 Å². The van der Waals surface area contributed by atoms with Gasteiger partial charge in [0.15, 0.2) is 17.5 Å². The number of hydrogen-bond acceptors (Lipinski definition) is 8. The number of aromatic nitrogens is 4. The van der Waals surface area contributed by atoms with Gasteiger partial charge in [0.05, 0.1) is 18.1 Å². The van der Waals surface area contributed by atoms with Gasteiger partial charge in [-0.1, -0.05) is 6.42 Å². The molecule has 0 radical (unpaired) electrons. The summed E-state index contributed by atoms with van der Waals surface area (Å²) in [5.74, 6) is 0.492. The van der Waals surface area contributed by atoms with E-state index in [2.05, 4.69) is 25.5 Å². The maximum atomic E-state index is 15.5. The van der Waals surface area contributed by atoms with Gasteiger partial charge in [-0.25, -0.2) is 17.8 Å². The number of rotatable bonds is 7. The molecule has 192 valence electrons. The lowest BCUT2D eigenvalue weighted by molar-refractivity contribution is 0.109. The zero-order valence-electron chi connectivity index (χ0n) is 20.5. The Kier molecular flexibility index (Phi) is 6.71. The number of aryl methyl sites for hydroxylation is 1. The lowest BCUT2D eigenvalue weighted by atomic mass is 9.83. The maximum absolute atomic E-state index is 15.5. The van der Waals surface area contributed by atoms with E-state index in [0.29, 0.717) is 49.9 Å². The highest BCUT2D eigenvalue weighted by atomic mass is 32.2. The first-order valence-corrected chi connectivity index (χ1v) is 14.1. The zero-order chi connectivity index (χ0) is 24.7. The monoisotopic (exact) mass is 507 g/mol. The third-order valence-corrected chi connectivity index (χ3v) is 9.53. The first-order valence-electron chi connectivity index (χ1n) is 12.4. The van der Waals surface area contributed by atoms with Gasteiger partial charge in [0.25, 0.3) is 0 Å². The molecule has 0 aliphatic carbocycles. The van der Waals surface area contributed by atoms with E-state index in [1.807, 2.05) is 18.9 Å². The molecule has 12 heteroatoms. The van der Waals surface area contributed by atoms with Crippen molar-refractivity contribution in [1.29, 1.82) is 0 Å². The highest BCUT2D eigenvalue weighted by molar-refractivity contribution is 7.89. The molecule has 2 unspecified atom stereocenters. The average molecular weight is 508 g/mol. The van der Waals surface area contributed by atoms with Gasteiger partial charge in [-0.3, -0.25) is 5.10 Å². The summed E-state index contributed by atoms with van der Waals surface area (Å²) in [7, 11) is -1.33. The molecule has 3 fully saturated rings. The van der Waals surface area contributed by atoms with Gasteiger partial charge in [0.1, 0.15) is 0 Å². The Morgan fingerprint density at radius 1 is 1.26 bits per heavy atom. The second-order valence-electron chi connectivity index (χ2n) is 9.90. The van der Waals surface area contributed by atoms with Gasteiger partial charge in [-0.15, -0.1) is 0 Å². The summed E-state index contributed by atoms with van der Waals surface area (Å²) in [6.07, 6.45) is 4.87. The van der Waals surface area contributed by atoms with Crippen LogP contribution in [0.3, 0.4) is 0 Å². The molecule has 5 heterocycles. The van der Waals surface area contributed by atoms with Crippen LogP contribution in [-0.2, 0) is 14.8 Å². The van der Waals surface area contributed by atoms with Crippen molar-refractivity contribution in [2.75, 3.05) is 36.2 Å². The van der Waals surface area contributed by atoms with E-state index in [4.69, 9.17) is 4.74 Å². The van der Waals surface area contributed by atoms with Crippen LogP contribution >= 0.6 is 0 Å². The number of anilines is 3. The summed E-state index contributed by atoms with van der Waals surface area (Å²) in [6.45, 7) is 4.58. The van der Waals surface area contributed by atoms with Crippen molar-refractivity contribution in [3.05, 3.63) is 23.3 Å². The quantitative estimate of drug-likeness (QED) is 0.587. The smallest absolute Gasteiger partial charge is 0.227 e. The molecule has 0 aromatic carbocycles. The maximum Gasteiger partial charge on any atom is 0.227 e. The fourth-order valence-corrected chi connectivity index (χ4v) is 7.30. The number of halogens is 1. The Balaban J connectivity index is 1.45. The highest BCUT2D eigenvalue weighted by Crippen LogP contribution is 2.39. The molecule has 5 rings (SSSR count). The van der Waals surface area contributed by atoms with Crippen LogP contribution in [0.1, 0.15) is 62.8 Å². The predicted molar refractivity (Wildman–Crippen MR) is 131 cm³/mol. The minimum atomic E-state index is -3.26. The van der Waals surface area contributed by atoms with Gasteiger partial charge < -0.3 is 15.0 Å². The Hall–Kier alpha value is -2.31. The van der Waals surface area contributed by atoms with E-state index >= 15 is 4.39 Å². The number of piperidine rings is 2. The molecule has 0 saturated carbocycles. The van der Waals surface area contributed by atoms with Crippen molar-refractivity contribution in [3.63, 3.8) is 0 Å². The van der Waals surface area contributed by atoms with E-state index in [-0.39, 0.29) is 35.6 Å². The molecule has 2 aromatic rings. The van der Waals surface area contributed by atoms with Crippen molar-refractivity contribution in [1.82, 2.24) is 24.5 Å². The van der Waals surface area contributed by atoms with E-state index < -0.39 is 15.8 Å². The van der Waals surface area contributed by atoms with Crippen molar-refractivity contribution < 1.29 is 17.5 Å². The Morgan fingerprint density at radius 2 is 2.00 bits per heavy atom. The van der Waals surface area contributed by atoms with Crippen LogP contribution in [0.25, 0.3) is 0 Å². The molecule has 3 saturated heterocycles. The summed E-state index contributed by atoms with van der Waals surface area (Å²) >= 11 is 0. The molecule has 0 amide bonds. The summed E-state index contributed by atoms with van der Waals surface area (Å²) in [6, 6.07) is 1.81. The van der Waals surface area contributed by atoms with Crippen LogP contribution < -0.4 is 10.2 Å². The minimum absolute atomic E-state index is 0.0207. The van der Waals surface area contributed by atoms with Crippen molar-refractivity contribution in [2.24, 2.45) is 0 Å². The van der Waals surface area contributed by atoms with Gasteiger partial charge >= 0.3 is 0 Å². The van der Waals surface area contributed by atoms with E-state index in [0.717, 1.165) is 25.0 Å². The number of sulfonamides is 1. The molecule has 3 aliphatic rings. The number of nitrogens with one attached hydrogen (secondary N) is 2. The molecule has 2 aromatic heterocycles. The summed E-state index contributed by atoms with van der Waals surface area (Å²) in [4.78, 5) is 11.2. The normalized spacial score (nSPS) is 27.2. The van der Waals surface area contributed by atoms with Crippen LogP contribution in [0, 0.1) is 12.7 Å². The van der Waals surface area contributed by atoms with Gasteiger partial charge in [0, 0.05) is 49.5 Å². The molecular formula is C23H34FN7O3S. The molecule has 2 bridgehead atoms. The lowest BCUT2D eigenvalue weighted by Gasteiger charge is -2.49. The van der Waals surface area contributed by atoms with Crippen LogP contribution in [0.5, 0.6) is 0 Å². The Morgan fingerprint density at radius 3 is 2.60 bits per heavy atom. The van der Waals surface area contributed by atoms with Crippen molar-refractivity contribution in [2.45, 2.75) is 76.4 Å². The highest BCUT2D eigenvalue weighted by Gasteiger charge is 2.45. The SMILES string of the molecule is CCS(=O)(=O)N1[C@@H]2CCC[C@H]1CC(N(C)c1nc(Nc3cc(C)[nH]n3)c(F)c(C3CCOC3)n1)C2. The molecular weight excluding hydrogens is 473 g/mol. The largest absolute Gasteiger partial charge is 0.381 e. The first kappa shape index (κ1) is 24.4. The van der Waals surface area contributed by atoms with Gasteiger partial charge in [0.2, 0.25) is 16.0 Å². The van der Waals surface area contributed by atoms with Gasteiger partial charge in [-0.2, -0.15) is 14.4 Å². The first-order chi connectivity index (χ1) is 16.8. The van der Waals surface area contributed by atoms with Gasteiger partial charge in [-0.05, 0) is 46.0 Å². The van der Waals surface area contributed by atoms with E-state index in [1.54, 1.807) is 17.3 Å². The number of hydrogen-bond donors (Lipinski definition) is 2. The number of aromatic amines is 1. The zero-order valence-corrected chi connectivity index (χ0v) is 21.3. The minimum Gasteiger partial charge on any atom is -0.381 e. The lowest BCUT2D eigenvalue weighted by Crippen LogP contribution is -2.58. The van der Waals surface area contributed by atoms with Crippen LogP contribution in [0.15, 0.2) is 6.07 Å². The molecule has 10 nitrogen and oxygen atoms in total.